The van der Waals surface area contributed by atoms with Crippen LogP contribution in [0.1, 0.15) is 23.9 Å². The highest BCUT2D eigenvalue weighted by Gasteiger charge is 2.12. The first kappa shape index (κ1) is 15.1. The van der Waals surface area contributed by atoms with E-state index in [1.165, 1.54) is 0 Å². The number of aromatic nitrogens is 2. The molecule has 1 aromatic carbocycles. The molecule has 5 nitrogen and oxygen atoms in total. The van der Waals surface area contributed by atoms with Crippen molar-refractivity contribution in [3.63, 3.8) is 0 Å². The second kappa shape index (κ2) is 6.95. The molecule has 0 saturated heterocycles. The number of carbonyl (C=O) groups excluding carboxylic acids is 1. The molecule has 0 aliphatic heterocycles. The van der Waals surface area contributed by atoms with Gasteiger partial charge in [-0.05, 0) is 32.9 Å². The number of carbonyl (C=O) groups is 1. The minimum absolute atomic E-state index is 0.0704. The normalized spacial score (nSPS) is 12.0. The number of hydrogen-bond donors (Lipinski definition) is 2. The second-order valence-corrected chi connectivity index (χ2v) is 5.11. The van der Waals surface area contributed by atoms with Crippen LogP contribution in [0, 0.1) is 13.8 Å². The number of nitrogens with zero attached hydrogens (tertiary/aromatic N) is 2. The zero-order chi connectivity index (χ0) is 15.2. The first-order valence-corrected chi connectivity index (χ1v) is 6.93. The van der Waals surface area contributed by atoms with Crippen LogP contribution in [0.25, 0.3) is 0 Å². The van der Waals surface area contributed by atoms with Gasteiger partial charge in [0.1, 0.15) is 0 Å². The van der Waals surface area contributed by atoms with Crippen LogP contribution in [-0.4, -0.2) is 21.9 Å². The third-order valence-corrected chi connectivity index (χ3v) is 3.14. The maximum absolute atomic E-state index is 12.1. The van der Waals surface area contributed by atoms with E-state index >= 15 is 0 Å². The third kappa shape index (κ3) is 4.65. The summed E-state index contributed by atoms with van der Waals surface area (Å²) < 4.78 is 0. The van der Waals surface area contributed by atoms with Crippen molar-refractivity contribution in [3.05, 3.63) is 53.6 Å². The molecule has 0 aliphatic carbocycles. The number of benzene rings is 1. The van der Waals surface area contributed by atoms with Gasteiger partial charge in [0.2, 0.25) is 5.91 Å². The minimum atomic E-state index is -0.311. The molecule has 0 bridgehead atoms. The Morgan fingerprint density at radius 2 is 1.86 bits per heavy atom. The topological polar surface area (TPSA) is 66.9 Å². The average Bonchev–Trinajstić information content (AvgIpc) is 2.48. The minimum Gasteiger partial charge on any atom is -0.325 e. The lowest BCUT2D eigenvalue weighted by Gasteiger charge is -2.14. The first-order valence-electron chi connectivity index (χ1n) is 6.93. The van der Waals surface area contributed by atoms with E-state index in [2.05, 4.69) is 20.6 Å². The second-order valence-electron chi connectivity index (χ2n) is 5.11. The maximum atomic E-state index is 12.1. The highest BCUT2D eigenvalue weighted by molar-refractivity contribution is 5.94. The lowest BCUT2D eigenvalue weighted by molar-refractivity contribution is -0.117. The summed E-state index contributed by atoms with van der Waals surface area (Å²) in [4.78, 5) is 20.5. The van der Waals surface area contributed by atoms with Crippen molar-refractivity contribution >= 4 is 11.6 Å². The Kier molecular flexibility index (Phi) is 5.00. The van der Waals surface area contributed by atoms with Crippen LogP contribution >= 0.6 is 0 Å². The van der Waals surface area contributed by atoms with Crippen molar-refractivity contribution in [3.8, 4) is 0 Å². The van der Waals surface area contributed by atoms with Gasteiger partial charge in [-0.15, -0.1) is 0 Å². The third-order valence-electron chi connectivity index (χ3n) is 3.14. The van der Waals surface area contributed by atoms with E-state index < -0.39 is 0 Å². The van der Waals surface area contributed by atoms with E-state index in [9.17, 15) is 4.79 Å². The zero-order valence-corrected chi connectivity index (χ0v) is 12.6. The SMILES string of the molecule is Cc1ccc(NC(=O)C(C)NCc2cnc(C)cn2)cc1. The van der Waals surface area contributed by atoms with E-state index in [0.717, 1.165) is 22.6 Å². The molecule has 1 aromatic heterocycles. The Morgan fingerprint density at radius 3 is 2.48 bits per heavy atom. The largest absolute Gasteiger partial charge is 0.325 e. The van der Waals surface area contributed by atoms with Gasteiger partial charge in [0.25, 0.3) is 0 Å². The van der Waals surface area contributed by atoms with E-state index in [1.807, 2.05) is 45.0 Å². The molecule has 0 saturated carbocycles. The fourth-order valence-electron chi connectivity index (χ4n) is 1.75. The van der Waals surface area contributed by atoms with Gasteiger partial charge in [-0.1, -0.05) is 17.7 Å². The average molecular weight is 284 g/mol. The van der Waals surface area contributed by atoms with Crippen molar-refractivity contribution in [1.82, 2.24) is 15.3 Å². The van der Waals surface area contributed by atoms with E-state index in [4.69, 9.17) is 0 Å². The molecule has 1 heterocycles. The van der Waals surface area contributed by atoms with Gasteiger partial charge in [-0.2, -0.15) is 0 Å². The van der Waals surface area contributed by atoms with Gasteiger partial charge >= 0.3 is 0 Å². The molecule has 1 atom stereocenters. The lowest BCUT2D eigenvalue weighted by atomic mass is 10.2. The summed E-state index contributed by atoms with van der Waals surface area (Å²) in [5, 5.41) is 6.01. The fraction of sp³-hybridized carbons (Fsp3) is 0.312. The fourth-order valence-corrected chi connectivity index (χ4v) is 1.75. The predicted molar refractivity (Wildman–Crippen MR) is 82.9 cm³/mol. The van der Waals surface area contributed by atoms with Crippen LogP contribution in [-0.2, 0) is 11.3 Å². The van der Waals surface area contributed by atoms with Crippen LogP contribution in [0.2, 0.25) is 0 Å². The Hall–Kier alpha value is -2.27. The van der Waals surface area contributed by atoms with Gasteiger partial charge in [0, 0.05) is 24.6 Å². The van der Waals surface area contributed by atoms with Crippen LogP contribution < -0.4 is 10.6 Å². The molecule has 0 aliphatic rings. The van der Waals surface area contributed by atoms with Crippen molar-refractivity contribution in [1.29, 1.82) is 0 Å². The highest BCUT2D eigenvalue weighted by Crippen LogP contribution is 2.09. The molecule has 2 rings (SSSR count). The molecule has 110 valence electrons. The van der Waals surface area contributed by atoms with Crippen molar-refractivity contribution in [2.45, 2.75) is 33.4 Å². The molecular weight excluding hydrogens is 264 g/mol. The smallest absolute Gasteiger partial charge is 0.241 e. The van der Waals surface area contributed by atoms with Gasteiger partial charge in [-0.25, -0.2) is 0 Å². The number of aryl methyl sites for hydroxylation is 2. The molecule has 2 aromatic rings. The Morgan fingerprint density at radius 1 is 1.14 bits per heavy atom. The highest BCUT2D eigenvalue weighted by atomic mass is 16.2. The van der Waals surface area contributed by atoms with Crippen LogP contribution in [0.15, 0.2) is 36.7 Å². The van der Waals surface area contributed by atoms with Crippen LogP contribution in [0.3, 0.4) is 0 Å². The molecule has 1 unspecified atom stereocenters. The molecule has 0 radical (unpaired) electrons. The summed E-state index contributed by atoms with van der Waals surface area (Å²) in [6, 6.07) is 7.41. The predicted octanol–water partition coefficient (Wildman–Crippen LogP) is 2.21. The van der Waals surface area contributed by atoms with E-state index in [1.54, 1.807) is 12.4 Å². The molecule has 1 amide bonds. The van der Waals surface area contributed by atoms with Gasteiger partial charge < -0.3 is 10.6 Å². The van der Waals surface area contributed by atoms with E-state index in [-0.39, 0.29) is 11.9 Å². The number of amides is 1. The first-order chi connectivity index (χ1) is 10.0. The Balaban J connectivity index is 1.84. The summed E-state index contributed by atoms with van der Waals surface area (Å²) in [6.07, 6.45) is 3.43. The summed E-state index contributed by atoms with van der Waals surface area (Å²) in [5.41, 5.74) is 3.66. The summed E-state index contributed by atoms with van der Waals surface area (Å²) in [7, 11) is 0. The maximum Gasteiger partial charge on any atom is 0.241 e. The zero-order valence-electron chi connectivity index (χ0n) is 12.6. The standard InChI is InChI=1S/C16H20N4O/c1-11-4-6-14(7-5-11)20-16(21)13(3)18-10-15-9-17-12(2)8-19-15/h4-9,13,18H,10H2,1-3H3,(H,20,21). The van der Waals surface area contributed by atoms with Gasteiger partial charge in [0.15, 0.2) is 0 Å². The molecular formula is C16H20N4O. The Labute approximate surface area is 124 Å². The lowest BCUT2D eigenvalue weighted by Crippen LogP contribution is -2.37. The van der Waals surface area contributed by atoms with Crippen molar-refractivity contribution in [2.75, 3.05) is 5.32 Å². The molecule has 0 fully saturated rings. The van der Waals surface area contributed by atoms with Crippen molar-refractivity contribution < 1.29 is 4.79 Å². The number of anilines is 1. The Bertz CT molecular complexity index is 593. The quantitative estimate of drug-likeness (QED) is 0.883. The molecule has 0 spiro atoms. The number of nitrogens with one attached hydrogen (secondary N) is 2. The monoisotopic (exact) mass is 284 g/mol. The molecule has 21 heavy (non-hydrogen) atoms. The summed E-state index contributed by atoms with van der Waals surface area (Å²) in [6.45, 7) is 6.24. The van der Waals surface area contributed by atoms with Crippen LogP contribution in [0.5, 0.6) is 0 Å². The molecule has 5 heteroatoms. The number of hydrogen-bond acceptors (Lipinski definition) is 4. The van der Waals surface area contributed by atoms with Gasteiger partial charge in [-0.3, -0.25) is 14.8 Å². The van der Waals surface area contributed by atoms with Crippen LogP contribution in [0.4, 0.5) is 5.69 Å². The summed E-state index contributed by atoms with van der Waals surface area (Å²) >= 11 is 0. The number of rotatable bonds is 5. The summed E-state index contributed by atoms with van der Waals surface area (Å²) in [5.74, 6) is -0.0704. The molecule has 2 N–H and O–H groups in total. The van der Waals surface area contributed by atoms with Gasteiger partial charge in [0.05, 0.1) is 17.4 Å². The van der Waals surface area contributed by atoms with Crippen molar-refractivity contribution in [2.24, 2.45) is 0 Å². The van der Waals surface area contributed by atoms with E-state index in [0.29, 0.717) is 6.54 Å².